The van der Waals surface area contributed by atoms with Crippen molar-refractivity contribution in [3.63, 3.8) is 0 Å². The van der Waals surface area contributed by atoms with Gasteiger partial charge in [-0.2, -0.15) is 13.2 Å². The van der Waals surface area contributed by atoms with Crippen LogP contribution in [0, 0.1) is 11.3 Å². The molecule has 2 atom stereocenters. The number of nitrogens with zero attached hydrogens (tertiary/aromatic N) is 2. The third-order valence-electron chi connectivity index (χ3n) is 4.39. The van der Waals surface area contributed by atoms with E-state index in [1.807, 2.05) is 6.92 Å². The van der Waals surface area contributed by atoms with E-state index in [0.717, 1.165) is 36.2 Å². The van der Waals surface area contributed by atoms with E-state index < -0.39 is 11.9 Å². The maximum absolute atomic E-state index is 12.7. The number of hydrogen-bond donors (Lipinski definition) is 2. The van der Waals surface area contributed by atoms with Crippen molar-refractivity contribution in [2.45, 2.75) is 59.4 Å². The molecule has 2 unspecified atom stereocenters. The lowest BCUT2D eigenvalue weighted by Crippen LogP contribution is -2.47. The molecule has 27 heavy (non-hydrogen) atoms. The molecule has 0 aromatic carbocycles. The summed E-state index contributed by atoms with van der Waals surface area (Å²) in [4.78, 5) is 8.00. The Bertz CT molecular complexity index is 625. The Hall–Kier alpha value is -1.35. The van der Waals surface area contributed by atoms with Crippen LogP contribution in [0.5, 0.6) is 0 Å². The fourth-order valence-electron chi connectivity index (χ4n) is 3.24. The van der Waals surface area contributed by atoms with Crippen LogP contribution in [0.15, 0.2) is 10.4 Å². The second-order valence-corrected chi connectivity index (χ2v) is 8.70. The average molecular weight is 407 g/mol. The molecule has 0 bridgehead atoms. The maximum atomic E-state index is 12.7. The molecular weight excluding hydrogens is 377 g/mol. The molecule has 2 rings (SSSR count). The van der Waals surface area contributed by atoms with Crippen LogP contribution >= 0.6 is 11.3 Å². The molecule has 0 saturated carbocycles. The summed E-state index contributed by atoms with van der Waals surface area (Å²) < 4.78 is 44.0. The highest BCUT2D eigenvalue weighted by Gasteiger charge is 2.35. The first-order valence-electron chi connectivity index (χ1n) is 9.26. The number of hydrogen-bond acceptors (Lipinski definition) is 4. The van der Waals surface area contributed by atoms with Crippen molar-refractivity contribution in [2.24, 2.45) is 16.3 Å². The van der Waals surface area contributed by atoms with Crippen molar-refractivity contribution in [1.29, 1.82) is 0 Å². The largest absolute Gasteiger partial charge is 0.434 e. The van der Waals surface area contributed by atoms with Crippen molar-refractivity contribution in [1.82, 2.24) is 15.6 Å². The van der Waals surface area contributed by atoms with Gasteiger partial charge in [0.2, 0.25) is 0 Å². The molecule has 2 N–H and O–H groups in total. The molecular formula is C18H29F3N4OS. The third-order valence-corrected chi connectivity index (χ3v) is 5.22. The Morgan fingerprint density at radius 2 is 2.07 bits per heavy atom. The second kappa shape index (κ2) is 9.23. The summed E-state index contributed by atoms with van der Waals surface area (Å²) in [5.74, 6) is 0.943. The predicted molar refractivity (Wildman–Crippen MR) is 102 cm³/mol. The summed E-state index contributed by atoms with van der Waals surface area (Å²) in [6.07, 6.45) is -2.14. The quantitative estimate of drug-likeness (QED) is 0.572. The van der Waals surface area contributed by atoms with E-state index in [2.05, 4.69) is 41.4 Å². The number of halogens is 3. The summed E-state index contributed by atoms with van der Waals surface area (Å²) in [6.45, 7) is 10.8. The van der Waals surface area contributed by atoms with Crippen molar-refractivity contribution >= 4 is 17.3 Å². The molecule has 0 aliphatic carbocycles. The molecule has 154 valence electrons. The van der Waals surface area contributed by atoms with E-state index in [1.165, 1.54) is 0 Å². The highest BCUT2D eigenvalue weighted by Crippen LogP contribution is 2.33. The van der Waals surface area contributed by atoms with Crippen molar-refractivity contribution in [3.05, 3.63) is 16.1 Å². The van der Waals surface area contributed by atoms with Crippen LogP contribution in [-0.4, -0.2) is 36.7 Å². The van der Waals surface area contributed by atoms with Crippen molar-refractivity contribution < 1.29 is 17.9 Å². The zero-order valence-electron chi connectivity index (χ0n) is 16.3. The zero-order valence-corrected chi connectivity index (χ0v) is 17.1. The Morgan fingerprint density at radius 1 is 1.33 bits per heavy atom. The van der Waals surface area contributed by atoms with E-state index in [4.69, 9.17) is 4.74 Å². The number of ether oxygens (including phenoxy) is 1. The molecule has 1 aromatic heterocycles. The summed E-state index contributed by atoms with van der Waals surface area (Å²) in [6, 6.07) is 0. The molecule has 1 aliphatic rings. The summed E-state index contributed by atoms with van der Waals surface area (Å²) in [7, 11) is 0. The molecule has 9 heteroatoms. The Kier molecular flexibility index (Phi) is 7.50. The zero-order chi connectivity index (χ0) is 20.1. The minimum Gasteiger partial charge on any atom is -0.377 e. The number of guanidine groups is 1. The second-order valence-electron chi connectivity index (χ2n) is 7.76. The number of thiazole rings is 1. The molecule has 5 nitrogen and oxygen atoms in total. The van der Waals surface area contributed by atoms with Gasteiger partial charge in [0.25, 0.3) is 0 Å². The molecule has 1 aliphatic heterocycles. The van der Waals surface area contributed by atoms with Gasteiger partial charge in [0.15, 0.2) is 11.7 Å². The van der Waals surface area contributed by atoms with Crippen molar-refractivity contribution in [2.75, 3.05) is 19.7 Å². The van der Waals surface area contributed by atoms with Gasteiger partial charge in [-0.15, -0.1) is 11.3 Å². The van der Waals surface area contributed by atoms with Gasteiger partial charge < -0.3 is 15.4 Å². The van der Waals surface area contributed by atoms with E-state index >= 15 is 0 Å². The van der Waals surface area contributed by atoms with Crippen molar-refractivity contribution in [3.8, 4) is 0 Å². The van der Waals surface area contributed by atoms with Crippen LogP contribution in [0.1, 0.15) is 51.2 Å². The Balaban J connectivity index is 1.98. The number of aliphatic imine (C=N–C) groups is 1. The lowest BCUT2D eigenvalue weighted by molar-refractivity contribution is -0.140. The molecule has 1 saturated heterocycles. The first-order chi connectivity index (χ1) is 12.6. The Labute approximate surface area is 162 Å². The number of rotatable bonds is 5. The smallest absolute Gasteiger partial charge is 0.377 e. The van der Waals surface area contributed by atoms with Gasteiger partial charge in [-0.25, -0.2) is 9.98 Å². The number of aromatic nitrogens is 1. The van der Waals surface area contributed by atoms with E-state index in [0.29, 0.717) is 30.0 Å². The van der Waals surface area contributed by atoms with Crippen LogP contribution in [0.2, 0.25) is 0 Å². The summed E-state index contributed by atoms with van der Waals surface area (Å²) >= 11 is 0.973. The SMILES string of the molecule is CCNC(=NCc1nc(C(F)(F)F)cs1)NCC1CCCOC1C(C)(C)C. The van der Waals surface area contributed by atoms with Crippen LogP contribution in [-0.2, 0) is 17.5 Å². The average Bonchev–Trinajstić information content (AvgIpc) is 3.06. The van der Waals surface area contributed by atoms with Gasteiger partial charge in [0.1, 0.15) is 5.01 Å². The maximum Gasteiger partial charge on any atom is 0.434 e. The standard InChI is InChI=1S/C18H29F3N4OS/c1-5-22-16(24-10-14-25-13(11-27-14)18(19,20)21)23-9-12-7-6-8-26-15(12)17(2,3)4/h11-12,15H,5-10H2,1-4H3,(H2,22,23,24). The first-order valence-corrected chi connectivity index (χ1v) is 10.1. The van der Waals surface area contributed by atoms with E-state index in [9.17, 15) is 13.2 Å². The first kappa shape index (κ1) is 21.9. The van der Waals surface area contributed by atoms with E-state index in [1.54, 1.807) is 0 Å². The molecule has 2 heterocycles. The van der Waals surface area contributed by atoms with Gasteiger partial charge in [-0.05, 0) is 25.2 Å². The molecule has 1 aromatic rings. The van der Waals surface area contributed by atoms with Gasteiger partial charge >= 0.3 is 6.18 Å². The number of alkyl halides is 3. The number of nitrogens with one attached hydrogen (secondary N) is 2. The lowest BCUT2D eigenvalue weighted by Gasteiger charge is -2.40. The highest BCUT2D eigenvalue weighted by atomic mass is 32.1. The van der Waals surface area contributed by atoms with Gasteiger partial charge in [0.05, 0.1) is 12.6 Å². The van der Waals surface area contributed by atoms with Gasteiger partial charge in [-0.1, -0.05) is 20.8 Å². The topological polar surface area (TPSA) is 58.5 Å². The Morgan fingerprint density at radius 3 is 2.67 bits per heavy atom. The van der Waals surface area contributed by atoms with Crippen LogP contribution in [0.25, 0.3) is 0 Å². The normalized spacial score (nSPS) is 22.0. The third kappa shape index (κ3) is 6.64. The molecule has 0 radical (unpaired) electrons. The summed E-state index contributed by atoms with van der Waals surface area (Å²) in [5, 5.41) is 7.82. The van der Waals surface area contributed by atoms with Crippen LogP contribution < -0.4 is 10.6 Å². The fraction of sp³-hybridized carbons (Fsp3) is 0.778. The minimum absolute atomic E-state index is 0.0527. The summed E-state index contributed by atoms with van der Waals surface area (Å²) in [5.41, 5.74) is -0.806. The van der Waals surface area contributed by atoms with E-state index in [-0.39, 0.29) is 18.1 Å². The molecule has 0 amide bonds. The fourth-order valence-corrected chi connectivity index (χ4v) is 3.96. The monoisotopic (exact) mass is 406 g/mol. The molecule has 1 fully saturated rings. The highest BCUT2D eigenvalue weighted by molar-refractivity contribution is 7.09. The predicted octanol–water partition coefficient (Wildman–Crippen LogP) is 4.06. The minimum atomic E-state index is -4.41. The van der Waals surface area contributed by atoms with Crippen LogP contribution in [0.4, 0.5) is 13.2 Å². The molecule has 0 spiro atoms. The van der Waals surface area contributed by atoms with Gasteiger partial charge in [-0.3, -0.25) is 0 Å². The van der Waals surface area contributed by atoms with Crippen LogP contribution in [0.3, 0.4) is 0 Å². The van der Waals surface area contributed by atoms with Gasteiger partial charge in [0, 0.05) is 31.0 Å². The lowest BCUT2D eigenvalue weighted by atomic mass is 9.78.